The van der Waals surface area contributed by atoms with Gasteiger partial charge in [-0.1, -0.05) is 0 Å². The normalized spacial score (nSPS) is 25.2. The Morgan fingerprint density at radius 1 is 1.29 bits per heavy atom. The SMILES string of the molecule is CN1C[C@]2(CCCN(Cc3ccc(-c4ccn[nH]4)o3)CC2)OC1=O. The van der Waals surface area contributed by atoms with E-state index in [9.17, 15) is 4.79 Å². The van der Waals surface area contributed by atoms with E-state index in [0.29, 0.717) is 6.54 Å². The van der Waals surface area contributed by atoms with Crippen molar-refractivity contribution in [3.63, 3.8) is 0 Å². The third-order valence-corrected chi connectivity index (χ3v) is 4.94. The van der Waals surface area contributed by atoms with Gasteiger partial charge in [0, 0.05) is 26.2 Å². The third kappa shape index (κ3) is 2.91. The molecular weight excluding hydrogens is 308 g/mol. The number of rotatable bonds is 3. The Morgan fingerprint density at radius 2 is 2.21 bits per heavy atom. The number of carbonyl (C=O) groups excluding carboxylic acids is 1. The van der Waals surface area contributed by atoms with E-state index in [-0.39, 0.29) is 11.7 Å². The van der Waals surface area contributed by atoms with Gasteiger partial charge >= 0.3 is 6.09 Å². The molecule has 0 unspecified atom stereocenters. The molecule has 128 valence electrons. The van der Waals surface area contributed by atoms with Crippen molar-refractivity contribution in [3.8, 4) is 11.5 Å². The molecule has 0 aliphatic carbocycles. The Bertz CT molecular complexity index is 711. The van der Waals surface area contributed by atoms with Gasteiger partial charge in [-0.25, -0.2) is 4.79 Å². The topological polar surface area (TPSA) is 74.6 Å². The van der Waals surface area contributed by atoms with E-state index in [4.69, 9.17) is 9.15 Å². The minimum atomic E-state index is -0.301. The maximum Gasteiger partial charge on any atom is 0.410 e. The summed E-state index contributed by atoms with van der Waals surface area (Å²) >= 11 is 0. The number of H-pyrrole nitrogens is 1. The van der Waals surface area contributed by atoms with Crippen LogP contribution >= 0.6 is 0 Å². The van der Waals surface area contributed by atoms with Crippen LogP contribution in [0, 0.1) is 0 Å². The van der Waals surface area contributed by atoms with Gasteiger partial charge in [0.25, 0.3) is 0 Å². The predicted octanol–water partition coefficient (Wildman–Crippen LogP) is 2.48. The molecule has 4 heterocycles. The number of aromatic amines is 1. The first-order valence-electron chi connectivity index (χ1n) is 8.39. The number of likely N-dealkylation sites (N-methyl/N-ethyl adjacent to an activating group) is 1. The number of ether oxygens (including phenoxy) is 1. The first-order valence-corrected chi connectivity index (χ1v) is 8.39. The molecule has 2 saturated heterocycles. The highest BCUT2D eigenvalue weighted by atomic mass is 16.6. The maximum atomic E-state index is 11.7. The van der Waals surface area contributed by atoms with E-state index in [1.54, 1.807) is 18.1 Å². The summed E-state index contributed by atoms with van der Waals surface area (Å²) in [6.07, 6.45) is 4.34. The van der Waals surface area contributed by atoms with Crippen LogP contribution in [-0.4, -0.2) is 58.4 Å². The Hall–Kier alpha value is -2.28. The summed E-state index contributed by atoms with van der Waals surface area (Å²) in [5, 5.41) is 6.86. The Morgan fingerprint density at radius 3 is 2.96 bits per heavy atom. The van der Waals surface area contributed by atoms with E-state index >= 15 is 0 Å². The highest BCUT2D eigenvalue weighted by Gasteiger charge is 2.44. The summed E-state index contributed by atoms with van der Waals surface area (Å²) in [5.41, 5.74) is 0.585. The molecule has 1 atom stereocenters. The third-order valence-electron chi connectivity index (χ3n) is 4.94. The van der Waals surface area contributed by atoms with Crippen molar-refractivity contribution >= 4 is 6.09 Å². The summed E-state index contributed by atoms with van der Waals surface area (Å²) in [5.74, 6) is 1.75. The van der Waals surface area contributed by atoms with Gasteiger partial charge in [0.2, 0.25) is 0 Å². The number of hydrogen-bond donors (Lipinski definition) is 1. The van der Waals surface area contributed by atoms with Crippen LogP contribution in [-0.2, 0) is 11.3 Å². The molecule has 4 rings (SSSR count). The molecule has 2 aliphatic rings. The lowest BCUT2D eigenvalue weighted by Gasteiger charge is -2.25. The fourth-order valence-electron chi connectivity index (χ4n) is 3.66. The molecule has 1 amide bonds. The van der Waals surface area contributed by atoms with Crippen LogP contribution in [0.25, 0.3) is 11.5 Å². The number of hydrogen-bond acceptors (Lipinski definition) is 5. The Labute approximate surface area is 140 Å². The van der Waals surface area contributed by atoms with Gasteiger partial charge < -0.3 is 14.1 Å². The molecular formula is C17H22N4O3. The zero-order valence-electron chi connectivity index (χ0n) is 13.8. The molecule has 2 aromatic rings. The molecule has 0 bridgehead atoms. The molecule has 0 saturated carbocycles. The Balaban J connectivity index is 1.39. The largest absolute Gasteiger partial charge is 0.458 e. The summed E-state index contributed by atoms with van der Waals surface area (Å²) in [7, 11) is 1.81. The van der Waals surface area contributed by atoms with Crippen molar-refractivity contribution in [2.75, 3.05) is 26.7 Å². The van der Waals surface area contributed by atoms with E-state index in [0.717, 1.165) is 56.1 Å². The van der Waals surface area contributed by atoms with Crippen LogP contribution in [0.4, 0.5) is 4.79 Å². The monoisotopic (exact) mass is 330 g/mol. The lowest BCUT2D eigenvalue weighted by Crippen LogP contribution is -2.35. The smallest absolute Gasteiger partial charge is 0.410 e. The van der Waals surface area contributed by atoms with Crippen LogP contribution in [0.1, 0.15) is 25.0 Å². The summed E-state index contributed by atoms with van der Waals surface area (Å²) in [6, 6.07) is 5.87. The fourth-order valence-corrected chi connectivity index (χ4v) is 3.66. The first-order chi connectivity index (χ1) is 11.6. The van der Waals surface area contributed by atoms with Gasteiger partial charge in [0.05, 0.1) is 13.1 Å². The van der Waals surface area contributed by atoms with E-state index < -0.39 is 0 Å². The second-order valence-electron chi connectivity index (χ2n) is 6.77. The number of nitrogens with zero attached hydrogens (tertiary/aromatic N) is 3. The molecule has 1 N–H and O–H groups in total. The van der Waals surface area contributed by atoms with E-state index in [1.807, 2.05) is 18.2 Å². The molecule has 2 fully saturated rings. The van der Waals surface area contributed by atoms with Crippen LogP contribution in [0.3, 0.4) is 0 Å². The average molecular weight is 330 g/mol. The van der Waals surface area contributed by atoms with Crippen molar-refractivity contribution in [2.24, 2.45) is 0 Å². The number of furan rings is 1. The van der Waals surface area contributed by atoms with Crippen molar-refractivity contribution in [1.29, 1.82) is 0 Å². The first kappa shape index (κ1) is 15.3. The highest BCUT2D eigenvalue weighted by Crippen LogP contribution is 2.33. The lowest BCUT2D eigenvalue weighted by molar-refractivity contribution is 0.0441. The molecule has 0 radical (unpaired) electrons. The van der Waals surface area contributed by atoms with Gasteiger partial charge in [-0.15, -0.1) is 0 Å². The molecule has 2 aromatic heterocycles. The molecule has 7 nitrogen and oxygen atoms in total. The van der Waals surface area contributed by atoms with Gasteiger partial charge in [-0.2, -0.15) is 5.10 Å². The zero-order valence-corrected chi connectivity index (χ0v) is 13.8. The second kappa shape index (κ2) is 5.98. The molecule has 0 aromatic carbocycles. The van der Waals surface area contributed by atoms with Gasteiger partial charge in [0.1, 0.15) is 17.1 Å². The van der Waals surface area contributed by atoms with E-state index in [2.05, 4.69) is 15.1 Å². The van der Waals surface area contributed by atoms with E-state index in [1.165, 1.54) is 0 Å². The fraction of sp³-hybridized carbons (Fsp3) is 0.529. The number of carbonyl (C=O) groups is 1. The minimum Gasteiger partial charge on any atom is -0.458 e. The van der Waals surface area contributed by atoms with Crippen molar-refractivity contribution in [3.05, 3.63) is 30.2 Å². The molecule has 1 spiro atoms. The molecule has 2 aliphatic heterocycles. The highest BCUT2D eigenvalue weighted by molar-refractivity contribution is 5.70. The quantitative estimate of drug-likeness (QED) is 0.936. The summed E-state index contributed by atoms with van der Waals surface area (Å²) in [6.45, 7) is 3.36. The lowest BCUT2D eigenvalue weighted by atomic mass is 9.95. The summed E-state index contributed by atoms with van der Waals surface area (Å²) in [4.78, 5) is 15.8. The number of aromatic nitrogens is 2. The molecule has 24 heavy (non-hydrogen) atoms. The van der Waals surface area contributed by atoms with Crippen LogP contribution in [0.2, 0.25) is 0 Å². The maximum absolute atomic E-state index is 11.7. The standard InChI is InChI=1S/C17H22N4O3/c1-20-12-17(24-16(20)22)6-2-9-21(10-7-17)11-13-3-4-15(23-13)14-5-8-18-19-14/h3-5,8H,2,6-7,9-12H2,1H3,(H,18,19)/t17-/m1/s1. The average Bonchev–Trinajstić information content (AvgIpc) is 3.24. The van der Waals surface area contributed by atoms with Crippen LogP contribution < -0.4 is 0 Å². The number of nitrogens with one attached hydrogen (secondary N) is 1. The van der Waals surface area contributed by atoms with Gasteiger partial charge in [0.15, 0.2) is 5.76 Å². The van der Waals surface area contributed by atoms with Crippen LogP contribution in [0.15, 0.2) is 28.8 Å². The summed E-state index contributed by atoms with van der Waals surface area (Å²) < 4.78 is 11.6. The number of amides is 1. The molecule has 7 heteroatoms. The minimum absolute atomic E-state index is 0.196. The van der Waals surface area contributed by atoms with Crippen molar-refractivity contribution in [1.82, 2.24) is 20.0 Å². The van der Waals surface area contributed by atoms with Gasteiger partial charge in [-0.3, -0.25) is 10.00 Å². The predicted molar refractivity (Wildman–Crippen MR) is 87.3 cm³/mol. The van der Waals surface area contributed by atoms with Crippen LogP contribution in [0.5, 0.6) is 0 Å². The Kier molecular flexibility index (Phi) is 3.80. The van der Waals surface area contributed by atoms with Crippen molar-refractivity contribution in [2.45, 2.75) is 31.4 Å². The van der Waals surface area contributed by atoms with Gasteiger partial charge in [-0.05, 0) is 37.6 Å². The number of likely N-dealkylation sites (tertiary alicyclic amines) is 1. The zero-order chi connectivity index (χ0) is 16.6. The van der Waals surface area contributed by atoms with Crippen molar-refractivity contribution < 1.29 is 13.9 Å². The second-order valence-corrected chi connectivity index (χ2v) is 6.77.